The first-order valence-electron chi connectivity index (χ1n) is 12.1. The summed E-state index contributed by atoms with van der Waals surface area (Å²) >= 11 is 0. The van der Waals surface area contributed by atoms with Crippen molar-refractivity contribution in [2.75, 3.05) is 13.2 Å². The molecule has 2 aromatic carbocycles. The second-order valence-corrected chi connectivity index (χ2v) is 9.30. The third-order valence-electron chi connectivity index (χ3n) is 7.03. The quantitative estimate of drug-likeness (QED) is 0.389. The zero-order valence-corrected chi connectivity index (χ0v) is 20.0. The molecule has 3 aromatic heterocycles. The van der Waals surface area contributed by atoms with Gasteiger partial charge in [-0.2, -0.15) is 0 Å². The molecule has 180 valence electrons. The van der Waals surface area contributed by atoms with Gasteiger partial charge in [0.25, 0.3) is 5.56 Å². The molecule has 2 atom stereocenters. The second-order valence-electron chi connectivity index (χ2n) is 9.30. The van der Waals surface area contributed by atoms with Crippen molar-refractivity contribution in [3.05, 3.63) is 100 Å². The molecule has 0 bridgehead atoms. The molecule has 1 N–H and O–H groups in total. The van der Waals surface area contributed by atoms with E-state index in [1.807, 2.05) is 55.6 Å². The van der Waals surface area contributed by atoms with Crippen LogP contribution in [0.2, 0.25) is 0 Å². The van der Waals surface area contributed by atoms with Gasteiger partial charge in [0.2, 0.25) is 0 Å². The van der Waals surface area contributed by atoms with E-state index >= 15 is 0 Å². The summed E-state index contributed by atoms with van der Waals surface area (Å²) in [5.74, 6) is 0. The summed E-state index contributed by atoms with van der Waals surface area (Å²) in [6.07, 6.45) is 5.65. The minimum absolute atomic E-state index is 0.139. The molecule has 6 rings (SSSR count). The van der Waals surface area contributed by atoms with Crippen LogP contribution >= 0.6 is 0 Å². The van der Waals surface area contributed by atoms with Gasteiger partial charge in [0.05, 0.1) is 41.7 Å². The lowest BCUT2D eigenvalue weighted by Crippen LogP contribution is -2.39. The fourth-order valence-corrected chi connectivity index (χ4v) is 5.17. The van der Waals surface area contributed by atoms with Crippen molar-refractivity contribution in [1.82, 2.24) is 19.5 Å². The fourth-order valence-electron chi connectivity index (χ4n) is 5.17. The Hall–Kier alpha value is -3.94. The molecule has 0 amide bonds. The Labute approximate surface area is 208 Å². The highest BCUT2D eigenvalue weighted by atomic mass is 16.5. The van der Waals surface area contributed by atoms with Crippen molar-refractivity contribution in [3.8, 4) is 11.3 Å². The Bertz CT molecular complexity index is 1650. The van der Waals surface area contributed by atoms with E-state index in [0.717, 1.165) is 38.9 Å². The lowest BCUT2D eigenvalue weighted by molar-refractivity contribution is -0.0395. The van der Waals surface area contributed by atoms with Gasteiger partial charge in [-0.1, -0.05) is 24.3 Å². The van der Waals surface area contributed by atoms with Crippen LogP contribution in [0.3, 0.4) is 0 Å². The molecule has 36 heavy (non-hydrogen) atoms. The molecule has 0 spiro atoms. The van der Waals surface area contributed by atoms with Crippen LogP contribution in [0.15, 0.2) is 78.1 Å². The topological polar surface area (TPSA) is 90.1 Å². The number of benzene rings is 2. The van der Waals surface area contributed by atoms with E-state index in [4.69, 9.17) is 4.74 Å². The predicted molar refractivity (Wildman–Crippen MR) is 139 cm³/mol. The first kappa shape index (κ1) is 22.5. The number of hydrogen-bond donors (Lipinski definition) is 1. The SMILES string of the molecule is Cc1ncccc1-c1cc(Cc2cc3c(=O)n([C@H]4CCOC[C@@H]4O)cnc3c3ccccc23)ccn1. The number of rotatable bonds is 4. The first-order valence-corrected chi connectivity index (χ1v) is 12.1. The fraction of sp³-hybridized carbons (Fsp3) is 0.241. The highest BCUT2D eigenvalue weighted by Gasteiger charge is 2.27. The Kier molecular flexibility index (Phi) is 5.79. The Morgan fingerprint density at radius 3 is 2.69 bits per heavy atom. The number of aliphatic hydroxyl groups is 1. The minimum Gasteiger partial charge on any atom is -0.389 e. The van der Waals surface area contributed by atoms with Crippen LogP contribution in [0.4, 0.5) is 0 Å². The largest absolute Gasteiger partial charge is 0.389 e. The molecular formula is C29H26N4O3. The maximum absolute atomic E-state index is 13.7. The molecule has 1 aliphatic rings. The minimum atomic E-state index is -0.734. The van der Waals surface area contributed by atoms with Crippen molar-refractivity contribution in [2.24, 2.45) is 0 Å². The summed E-state index contributed by atoms with van der Waals surface area (Å²) in [4.78, 5) is 27.3. The Morgan fingerprint density at radius 1 is 1.00 bits per heavy atom. The lowest BCUT2D eigenvalue weighted by atomic mass is 9.95. The normalized spacial score (nSPS) is 18.1. The van der Waals surface area contributed by atoms with E-state index in [9.17, 15) is 9.90 Å². The third kappa shape index (κ3) is 3.96. The molecule has 0 aliphatic carbocycles. The summed E-state index contributed by atoms with van der Waals surface area (Å²) in [6, 6.07) is 17.7. The van der Waals surface area contributed by atoms with Crippen LogP contribution in [-0.4, -0.2) is 43.9 Å². The number of fused-ring (bicyclic) bond motifs is 3. The van der Waals surface area contributed by atoms with E-state index in [-0.39, 0.29) is 18.2 Å². The van der Waals surface area contributed by atoms with Gasteiger partial charge in [-0.3, -0.25) is 19.3 Å². The molecule has 0 radical (unpaired) electrons. The summed E-state index contributed by atoms with van der Waals surface area (Å²) in [7, 11) is 0. The highest BCUT2D eigenvalue weighted by Crippen LogP contribution is 2.29. The summed E-state index contributed by atoms with van der Waals surface area (Å²) in [5, 5.41) is 13.0. The van der Waals surface area contributed by atoms with E-state index in [1.165, 1.54) is 0 Å². The standard InChI is InChI=1S/C29H26N4O3/c1-18-21(7-4-10-30-18)25-14-19(8-11-31-25)13-20-15-24-28(23-6-3-2-5-22(20)23)32-17-33(29(24)35)26-9-12-36-16-27(26)34/h2-8,10-11,14-15,17,26-27,34H,9,12-13,16H2,1H3/t26-,27-/m0/s1. The number of hydrogen-bond acceptors (Lipinski definition) is 6. The van der Waals surface area contributed by atoms with E-state index in [0.29, 0.717) is 30.4 Å². The zero-order valence-electron chi connectivity index (χ0n) is 20.0. The maximum Gasteiger partial charge on any atom is 0.261 e. The van der Waals surface area contributed by atoms with Gasteiger partial charge in [0, 0.05) is 35.6 Å². The van der Waals surface area contributed by atoms with Gasteiger partial charge in [-0.05, 0) is 66.6 Å². The molecular weight excluding hydrogens is 452 g/mol. The lowest BCUT2D eigenvalue weighted by Gasteiger charge is -2.29. The van der Waals surface area contributed by atoms with Gasteiger partial charge >= 0.3 is 0 Å². The van der Waals surface area contributed by atoms with E-state index < -0.39 is 6.10 Å². The van der Waals surface area contributed by atoms with Gasteiger partial charge < -0.3 is 9.84 Å². The Balaban J connectivity index is 1.48. The molecule has 0 unspecified atom stereocenters. The summed E-state index contributed by atoms with van der Waals surface area (Å²) in [6.45, 7) is 2.71. The van der Waals surface area contributed by atoms with Crippen LogP contribution in [0.1, 0.15) is 29.3 Å². The van der Waals surface area contributed by atoms with Crippen LogP contribution in [-0.2, 0) is 11.2 Å². The number of aryl methyl sites for hydroxylation is 1. The predicted octanol–water partition coefficient (Wildman–Crippen LogP) is 4.23. The van der Waals surface area contributed by atoms with Crippen molar-refractivity contribution in [1.29, 1.82) is 0 Å². The monoisotopic (exact) mass is 478 g/mol. The average molecular weight is 479 g/mol. The summed E-state index contributed by atoms with van der Waals surface area (Å²) in [5.41, 5.74) is 5.49. The third-order valence-corrected chi connectivity index (χ3v) is 7.03. The molecule has 1 fully saturated rings. The van der Waals surface area contributed by atoms with Gasteiger partial charge in [0.1, 0.15) is 0 Å². The molecule has 0 saturated carbocycles. The van der Waals surface area contributed by atoms with Crippen molar-refractivity contribution in [2.45, 2.75) is 31.9 Å². The molecule has 4 heterocycles. The molecule has 1 saturated heterocycles. The molecule has 1 aliphatic heterocycles. The maximum atomic E-state index is 13.7. The summed E-state index contributed by atoms with van der Waals surface area (Å²) < 4.78 is 6.93. The Morgan fingerprint density at radius 2 is 1.86 bits per heavy atom. The first-order chi connectivity index (χ1) is 17.6. The van der Waals surface area contributed by atoms with Gasteiger partial charge in [0.15, 0.2) is 0 Å². The smallest absolute Gasteiger partial charge is 0.261 e. The van der Waals surface area contributed by atoms with Crippen LogP contribution in [0.25, 0.3) is 32.9 Å². The average Bonchev–Trinajstić information content (AvgIpc) is 2.90. The number of aliphatic hydroxyl groups excluding tert-OH is 1. The zero-order chi connectivity index (χ0) is 24.6. The van der Waals surface area contributed by atoms with Crippen molar-refractivity contribution in [3.63, 3.8) is 0 Å². The van der Waals surface area contributed by atoms with Crippen molar-refractivity contribution >= 4 is 21.7 Å². The molecule has 5 aromatic rings. The number of nitrogens with zero attached hydrogens (tertiary/aromatic N) is 4. The number of aromatic nitrogens is 4. The van der Waals surface area contributed by atoms with Gasteiger partial charge in [-0.25, -0.2) is 4.98 Å². The number of pyridine rings is 2. The van der Waals surface area contributed by atoms with Crippen LogP contribution in [0.5, 0.6) is 0 Å². The number of ether oxygens (including phenoxy) is 1. The van der Waals surface area contributed by atoms with Gasteiger partial charge in [-0.15, -0.1) is 0 Å². The van der Waals surface area contributed by atoms with Crippen LogP contribution in [0, 0.1) is 6.92 Å². The van der Waals surface area contributed by atoms with E-state index in [2.05, 4.69) is 27.1 Å². The molecule has 7 heteroatoms. The van der Waals surface area contributed by atoms with E-state index in [1.54, 1.807) is 17.1 Å². The van der Waals surface area contributed by atoms with Crippen molar-refractivity contribution < 1.29 is 9.84 Å². The molecule has 7 nitrogen and oxygen atoms in total. The second kappa shape index (κ2) is 9.26. The highest BCUT2D eigenvalue weighted by molar-refractivity contribution is 6.06. The van der Waals surface area contributed by atoms with Crippen LogP contribution < -0.4 is 5.56 Å².